The van der Waals surface area contributed by atoms with Crippen LogP contribution in [0.25, 0.3) is 0 Å². The second kappa shape index (κ2) is 5.31. The molecule has 0 bridgehead atoms. The van der Waals surface area contributed by atoms with Crippen LogP contribution in [0.5, 0.6) is 0 Å². The number of carbonyl (C=O) groups excluding carboxylic acids is 1. The summed E-state index contributed by atoms with van der Waals surface area (Å²) in [6, 6.07) is 3.56. The number of rotatable bonds is 5. The molecule has 1 aromatic heterocycles. The van der Waals surface area contributed by atoms with Crippen molar-refractivity contribution in [2.45, 2.75) is 0 Å². The van der Waals surface area contributed by atoms with E-state index in [0.29, 0.717) is 5.69 Å². The Morgan fingerprint density at radius 1 is 1.60 bits per heavy atom. The van der Waals surface area contributed by atoms with E-state index in [0.717, 1.165) is 13.1 Å². The average Bonchev–Trinajstić information content (AvgIpc) is 2.17. The Hall–Kier alpha value is -1.62. The molecule has 0 saturated heterocycles. The summed E-state index contributed by atoms with van der Waals surface area (Å²) in [4.78, 5) is 17.0. The Labute approximate surface area is 89.3 Å². The summed E-state index contributed by atoms with van der Waals surface area (Å²) in [5, 5.41) is 3.12. The van der Waals surface area contributed by atoms with Gasteiger partial charge in [0.05, 0.1) is 5.69 Å². The van der Waals surface area contributed by atoms with Crippen molar-refractivity contribution in [1.82, 2.24) is 9.88 Å². The van der Waals surface area contributed by atoms with E-state index in [4.69, 9.17) is 5.73 Å². The van der Waals surface area contributed by atoms with Crippen LogP contribution in [-0.4, -0.2) is 43.0 Å². The predicted octanol–water partition coefficient (Wildman–Crippen LogP) is 0.154. The van der Waals surface area contributed by atoms with E-state index in [1.54, 1.807) is 18.3 Å². The predicted molar refractivity (Wildman–Crippen MR) is 59.8 cm³/mol. The van der Waals surface area contributed by atoms with Crippen LogP contribution in [0.15, 0.2) is 18.3 Å². The van der Waals surface area contributed by atoms with Gasteiger partial charge in [-0.05, 0) is 26.2 Å². The second-order valence-electron chi connectivity index (χ2n) is 3.49. The SMILES string of the molecule is CN(C)CCNc1cccnc1C(N)=O. The fraction of sp³-hybridized carbons (Fsp3) is 0.400. The molecule has 0 fully saturated rings. The van der Waals surface area contributed by atoms with Crippen molar-refractivity contribution in [3.63, 3.8) is 0 Å². The van der Waals surface area contributed by atoms with Gasteiger partial charge in [0.1, 0.15) is 0 Å². The number of nitrogens with zero attached hydrogens (tertiary/aromatic N) is 2. The van der Waals surface area contributed by atoms with Crippen molar-refractivity contribution >= 4 is 11.6 Å². The van der Waals surface area contributed by atoms with Gasteiger partial charge in [0.25, 0.3) is 5.91 Å². The number of carbonyl (C=O) groups is 1. The third kappa shape index (κ3) is 3.55. The first-order valence-corrected chi connectivity index (χ1v) is 4.74. The number of hydrogen-bond donors (Lipinski definition) is 2. The van der Waals surface area contributed by atoms with Gasteiger partial charge in [-0.1, -0.05) is 0 Å². The zero-order chi connectivity index (χ0) is 11.3. The Morgan fingerprint density at radius 3 is 2.93 bits per heavy atom. The first kappa shape index (κ1) is 11.5. The summed E-state index contributed by atoms with van der Waals surface area (Å²) in [5.41, 5.74) is 6.17. The molecule has 0 atom stereocenters. The quantitative estimate of drug-likeness (QED) is 0.722. The molecule has 1 aromatic rings. The van der Waals surface area contributed by atoms with Crippen LogP contribution < -0.4 is 11.1 Å². The molecule has 0 unspecified atom stereocenters. The molecule has 0 aromatic carbocycles. The van der Waals surface area contributed by atoms with Crippen molar-refractivity contribution in [2.75, 3.05) is 32.5 Å². The summed E-state index contributed by atoms with van der Waals surface area (Å²) in [6.07, 6.45) is 1.55. The molecule has 1 amide bonds. The molecule has 0 radical (unpaired) electrons. The van der Waals surface area contributed by atoms with Crippen molar-refractivity contribution in [3.8, 4) is 0 Å². The molecule has 0 spiro atoms. The smallest absolute Gasteiger partial charge is 0.269 e. The molecular weight excluding hydrogens is 192 g/mol. The van der Waals surface area contributed by atoms with Gasteiger partial charge in [-0.2, -0.15) is 0 Å². The Bertz CT molecular complexity index is 338. The highest BCUT2D eigenvalue weighted by atomic mass is 16.1. The molecule has 82 valence electrons. The molecule has 0 aliphatic carbocycles. The zero-order valence-electron chi connectivity index (χ0n) is 9.03. The highest BCUT2D eigenvalue weighted by Gasteiger charge is 2.07. The lowest BCUT2D eigenvalue weighted by Gasteiger charge is -2.12. The minimum atomic E-state index is -0.511. The topological polar surface area (TPSA) is 71.2 Å². The summed E-state index contributed by atoms with van der Waals surface area (Å²) in [6.45, 7) is 1.63. The van der Waals surface area contributed by atoms with Crippen molar-refractivity contribution in [1.29, 1.82) is 0 Å². The maximum atomic E-state index is 11.0. The molecule has 1 rings (SSSR count). The van der Waals surface area contributed by atoms with Crippen molar-refractivity contribution in [3.05, 3.63) is 24.0 Å². The van der Waals surface area contributed by atoms with Gasteiger partial charge in [0.2, 0.25) is 0 Å². The van der Waals surface area contributed by atoms with Gasteiger partial charge in [0.15, 0.2) is 5.69 Å². The highest BCUT2D eigenvalue weighted by molar-refractivity contribution is 5.96. The number of primary amides is 1. The third-order valence-corrected chi connectivity index (χ3v) is 1.92. The minimum absolute atomic E-state index is 0.288. The third-order valence-electron chi connectivity index (χ3n) is 1.92. The number of anilines is 1. The average molecular weight is 208 g/mol. The number of pyridine rings is 1. The van der Waals surface area contributed by atoms with Crippen LogP contribution in [0.4, 0.5) is 5.69 Å². The number of likely N-dealkylation sites (N-methyl/N-ethyl adjacent to an activating group) is 1. The molecule has 5 nitrogen and oxygen atoms in total. The van der Waals surface area contributed by atoms with E-state index < -0.39 is 5.91 Å². The molecule has 0 aliphatic heterocycles. The normalized spacial score (nSPS) is 10.3. The largest absolute Gasteiger partial charge is 0.382 e. The summed E-state index contributed by atoms with van der Waals surface area (Å²) in [7, 11) is 3.97. The van der Waals surface area contributed by atoms with Crippen molar-refractivity contribution in [2.24, 2.45) is 5.73 Å². The molecule has 1 heterocycles. The summed E-state index contributed by atoms with van der Waals surface area (Å²) in [5.74, 6) is -0.511. The van der Waals surface area contributed by atoms with E-state index in [-0.39, 0.29) is 5.69 Å². The van der Waals surface area contributed by atoms with E-state index >= 15 is 0 Å². The zero-order valence-corrected chi connectivity index (χ0v) is 9.03. The number of hydrogen-bond acceptors (Lipinski definition) is 4. The fourth-order valence-electron chi connectivity index (χ4n) is 1.16. The molecule has 0 saturated carbocycles. The van der Waals surface area contributed by atoms with Gasteiger partial charge in [-0.3, -0.25) is 4.79 Å². The molecular formula is C10H16N4O. The Morgan fingerprint density at radius 2 is 2.33 bits per heavy atom. The summed E-state index contributed by atoms with van der Waals surface area (Å²) >= 11 is 0. The van der Waals surface area contributed by atoms with Crippen LogP contribution in [-0.2, 0) is 0 Å². The van der Waals surface area contributed by atoms with Gasteiger partial charge in [0, 0.05) is 19.3 Å². The van der Waals surface area contributed by atoms with E-state index in [2.05, 4.69) is 10.3 Å². The summed E-state index contributed by atoms with van der Waals surface area (Å²) < 4.78 is 0. The Kier molecular flexibility index (Phi) is 4.05. The lowest BCUT2D eigenvalue weighted by molar-refractivity contribution is 0.0996. The van der Waals surface area contributed by atoms with Crippen LogP contribution in [0.1, 0.15) is 10.5 Å². The molecule has 0 aliphatic rings. The number of nitrogens with two attached hydrogens (primary N) is 1. The van der Waals surface area contributed by atoms with E-state index in [1.807, 2.05) is 19.0 Å². The van der Waals surface area contributed by atoms with Gasteiger partial charge in [-0.25, -0.2) is 4.98 Å². The number of aromatic nitrogens is 1. The fourth-order valence-corrected chi connectivity index (χ4v) is 1.16. The van der Waals surface area contributed by atoms with Crippen LogP contribution in [0.2, 0.25) is 0 Å². The first-order chi connectivity index (χ1) is 7.11. The highest BCUT2D eigenvalue weighted by Crippen LogP contribution is 2.10. The second-order valence-corrected chi connectivity index (χ2v) is 3.49. The van der Waals surface area contributed by atoms with Gasteiger partial charge < -0.3 is 16.0 Å². The molecule has 3 N–H and O–H groups in total. The number of nitrogens with one attached hydrogen (secondary N) is 1. The lowest BCUT2D eigenvalue weighted by Crippen LogP contribution is -2.22. The standard InChI is InChI=1S/C10H16N4O/c1-14(2)7-6-12-8-4-3-5-13-9(8)10(11)15/h3-5,12H,6-7H2,1-2H3,(H2,11,15). The maximum absolute atomic E-state index is 11.0. The molecule has 15 heavy (non-hydrogen) atoms. The number of amides is 1. The maximum Gasteiger partial charge on any atom is 0.269 e. The first-order valence-electron chi connectivity index (χ1n) is 4.74. The van der Waals surface area contributed by atoms with Gasteiger partial charge >= 0.3 is 0 Å². The van der Waals surface area contributed by atoms with Gasteiger partial charge in [-0.15, -0.1) is 0 Å². The molecule has 5 heteroatoms. The lowest BCUT2D eigenvalue weighted by atomic mass is 10.3. The Balaban J connectivity index is 2.63. The van der Waals surface area contributed by atoms with E-state index in [1.165, 1.54) is 0 Å². The monoisotopic (exact) mass is 208 g/mol. The van der Waals surface area contributed by atoms with Crippen molar-refractivity contribution < 1.29 is 4.79 Å². The van der Waals surface area contributed by atoms with Crippen LogP contribution in [0.3, 0.4) is 0 Å². The van der Waals surface area contributed by atoms with E-state index in [9.17, 15) is 4.79 Å². The van der Waals surface area contributed by atoms with Crippen LogP contribution >= 0.6 is 0 Å². The van der Waals surface area contributed by atoms with Crippen LogP contribution in [0, 0.1) is 0 Å². The minimum Gasteiger partial charge on any atom is -0.382 e.